The molecule has 0 unspecified atom stereocenters. The Morgan fingerprint density at radius 2 is 1.83 bits per heavy atom. The lowest BCUT2D eigenvalue weighted by Crippen LogP contribution is -2.43. The number of amides is 1. The topological polar surface area (TPSA) is 73.1 Å². The maximum atomic E-state index is 13.0. The lowest BCUT2D eigenvalue weighted by atomic mass is 9.89. The molecule has 8 heteroatoms. The summed E-state index contributed by atoms with van der Waals surface area (Å²) in [5.41, 5.74) is 3.78. The monoisotopic (exact) mass is 425 g/mol. The van der Waals surface area contributed by atoms with E-state index in [0.29, 0.717) is 17.4 Å². The lowest BCUT2D eigenvalue weighted by molar-refractivity contribution is 0.121. The zero-order chi connectivity index (χ0) is 21.4. The van der Waals surface area contributed by atoms with Gasteiger partial charge in [0.1, 0.15) is 0 Å². The van der Waals surface area contributed by atoms with Crippen molar-refractivity contribution >= 4 is 17.7 Å². The average Bonchev–Trinajstić information content (AvgIpc) is 3.06. The molecule has 2 aromatic heterocycles. The fourth-order valence-corrected chi connectivity index (χ4v) is 4.18. The summed E-state index contributed by atoms with van der Waals surface area (Å²) in [6.07, 6.45) is 4.42. The number of hydrogen-bond donors (Lipinski definition) is 0. The van der Waals surface area contributed by atoms with Crippen molar-refractivity contribution in [3.63, 3.8) is 0 Å². The molecule has 1 aliphatic carbocycles. The molecule has 1 aromatic carbocycles. The molecule has 1 amide bonds. The Morgan fingerprint density at radius 1 is 1.13 bits per heavy atom. The molecular formula is C22H24ClN5O2. The number of aryl methyl sites for hydroxylation is 1. The third-order valence-corrected chi connectivity index (χ3v) is 5.40. The summed E-state index contributed by atoms with van der Waals surface area (Å²) in [6.45, 7) is 7.85. The van der Waals surface area contributed by atoms with Crippen LogP contribution in [0.2, 0.25) is 5.02 Å². The molecule has 4 rings (SSSR count). The van der Waals surface area contributed by atoms with Crippen LogP contribution in [-0.2, 0) is 12.8 Å². The average molecular weight is 426 g/mol. The van der Waals surface area contributed by atoms with E-state index in [4.69, 9.17) is 16.3 Å². The predicted octanol–water partition coefficient (Wildman–Crippen LogP) is 4.70. The summed E-state index contributed by atoms with van der Waals surface area (Å²) in [4.78, 5) is 23.3. The minimum absolute atomic E-state index is 0.000962. The minimum atomic E-state index is -0.428. The summed E-state index contributed by atoms with van der Waals surface area (Å²) < 4.78 is 7.52. The number of fused-ring (bicyclic) bond motifs is 3. The van der Waals surface area contributed by atoms with Crippen molar-refractivity contribution in [3.8, 4) is 23.0 Å². The number of carbonyl (C=O) groups excluding carboxylic acids is 1. The first-order valence-electron chi connectivity index (χ1n) is 10.0. The second-order valence-corrected chi connectivity index (χ2v) is 8.29. The van der Waals surface area contributed by atoms with Gasteiger partial charge in [-0.25, -0.2) is 14.8 Å². The molecule has 0 radical (unpaired) electrons. The fourth-order valence-electron chi connectivity index (χ4n) is 3.99. The predicted molar refractivity (Wildman–Crippen MR) is 115 cm³/mol. The van der Waals surface area contributed by atoms with Crippen molar-refractivity contribution in [2.24, 2.45) is 0 Å². The van der Waals surface area contributed by atoms with Crippen LogP contribution in [0.4, 0.5) is 4.79 Å². The molecule has 0 saturated carbocycles. The van der Waals surface area contributed by atoms with Crippen molar-refractivity contribution in [1.29, 1.82) is 0 Å². The van der Waals surface area contributed by atoms with Crippen LogP contribution in [0.3, 0.4) is 0 Å². The molecule has 0 atom stereocenters. The Balaban J connectivity index is 1.84. The van der Waals surface area contributed by atoms with Crippen LogP contribution in [0.1, 0.15) is 39.0 Å². The molecule has 30 heavy (non-hydrogen) atoms. The summed E-state index contributed by atoms with van der Waals surface area (Å²) in [7, 11) is 0. The van der Waals surface area contributed by atoms with Gasteiger partial charge in [0, 0.05) is 29.5 Å². The third kappa shape index (κ3) is 3.65. The second-order valence-electron chi connectivity index (χ2n) is 7.85. The molecule has 0 N–H and O–H groups in total. The fraction of sp³-hybridized carbons (Fsp3) is 0.364. The SMILES string of the molecule is CC(C)N(C(=O)Oc1nn(-c2ncccn2)c2c1-c1ccc(Cl)cc1CC2)C(C)C. The second kappa shape index (κ2) is 8.07. The Hall–Kier alpha value is -2.93. The van der Waals surface area contributed by atoms with E-state index in [1.165, 1.54) is 0 Å². The normalized spacial score (nSPS) is 12.6. The van der Waals surface area contributed by atoms with Gasteiger partial charge in [-0.3, -0.25) is 0 Å². The van der Waals surface area contributed by atoms with Crippen LogP contribution in [0.15, 0.2) is 36.7 Å². The van der Waals surface area contributed by atoms with Gasteiger partial charge in [0.25, 0.3) is 11.8 Å². The molecule has 0 bridgehead atoms. The van der Waals surface area contributed by atoms with E-state index in [1.54, 1.807) is 28.0 Å². The van der Waals surface area contributed by atoms with Gasteiger partial charge in [0.15, 0.2) is 0 Å². The summed E-state index contributed by atoms with van der Waals surface area (Å²) in [6, 6.07) is 7.49. The number of hydrogen-bond acceptors (Lipinski definition) is 5. The van der Waals surface area contributed by atoms with Crippen molar-refractivity contribution < 1.29 is 9.53 Å². The lowest BCUT2D eigenvalue weighted by Gasteiger charge is -2.29. The minimum Gasteiger partial charge on any atom is -0.389 e. The number of nitrogens with zero attached hydrogens (tertiary/aromatic N) is 5. The van der Waals surface area contributed by atoms with E-state index in [-0.39, 0.29) is 18.0 Å². The van der Waals surface area contributed by atoms with Crippen LogP contribution < -0.4 is 4.74 Å². The maximum Gasteiger partial charge on any atom is 0.417 e. The summed E-state index contributed by atoms with van der Waals surface area (Å²) in [5, 5.41) is 5.29. The Bertz CT molecular complexity index is 1070. The highest BCUT2D eigenvalue weighted by Gasteiger charge is 2.31. The van der Waals surface area contributed by atoms with Gasteiger partial charge >= 0.3 is 6.09 Å². The smallest absolute Gasteiger partial charge is 0.389 e. The molecule has 0 aliphatic heterocycles. The van der Waals surface area contributed by atoms with Gasteiger partial charge in [-0.1, -0.05) is 17.7 Å². The molecule has 3 aromatic rings. The van der Waals surface area contributed by atoms with Gasteiger partial charge < -0.3 is 9.64 Å². The van der Waals surface area contributed by atoms with E-state index < -0.39 is 6.09 Å². The Morgan fingerprint density at radius 3 is 2.50 bits per heavy atom. The number of rotatable bonds is 4. The highest BCUT2D eigenvalue weighted by atomic mass is 35.5. The zero-order valence-electron chi connectivity index (χ0n) is 17.5. The van der Waals surface area contributed by atoms with Crippen LogP contribution in [0.5, 0.6) is 5.88 Å². The van der Waals surface area contributed by atoms with Crippen molar-refractivity contribution in [3.05, 3.63) is 52.9 Å². The largest absolute Gasteiger partial charge is 0.417 e. The van der Waals surface area contributed by atoms with E-state index in [1.807, 2.05) is 45.9 Å². The first-order chi connectivity index (χ1) is 14.4. The van der Waals surface area contributed by atoms with Crippen LogP contribution in [-0.4, -0.2) is 42.8 Å². The third-order valence-electron chi connectivity index (χ3n) is 5.17. The molecular weight excluding hydrogens is 402 g/mol. The van der Waals surface area contributed by atoms with Crippen LogP contribution in [0, 0.1) is 0 Å². The van der Waals surface area contributed by atoms with Gasteiger partial charge in [0.2, 0.25) is 0 Å². The number of aromatic nitrogens is 4. The number of halogens is 1. The van der Waals surface area contributed by atoms with Gasteiger partial charge in [-0.2, -0.15) is 4.68 Å². The van der Waals surface area contributed by atoms with Crippen LogP contribution in [0.25, 0.3) is 17.1 Å². The number of carbonyl (C=O) groups is 1. The maximum absolute atomic E-state index is 13.0. The van der Waals surface area contributed by atoms with Gasteiger partial charge in [0.05, 0.1) is 11.3 Å². The van der Waals surface area contributed by atoms with Crippen molar-refractivity contribution in [2.45, 2.75) is 52.6 Å². The molecule has 0 fully saturated rings. The first-order valence-corrected chi connectivity index (χ1v) is 10.4. The van der Waals surface area contributed by atoms with Gasteiger partial charge in [-0.15, -0.1) is 5.10 Å². The molecule has 156 valence electrons. The highest BCUT2D eigenvalue weighted by molar-refractivity contribution is 6.30. The van der Waals surface area contributed by atoms with E-state index in [0.717, 1.165) is 28.8 Å². The van der Waals surface area contributed by atoms with Crippen molar-refractivity contribution in [1.82, 2.24) is 24.6 Å². The van der Waals surface area contributed by atoms with Crippen LogP contribution >= 0.6 is 11.6 Å². The highest BCUT2D eigenvalue weighted by Crippen LogP contribution is 2.41. The standard InChI is InChI=1S/C22H24ClN5O2/c1-13(2)27(14(3)4)22(29)30-20-19-17-8-7-16(23)12-15(17)6-9-18(19)28(26-20)21-24-10-5-11-25-21/h5,7-8,10-14H,6,9H2,1-4H3. The quantitative estimate of drug-likeness (QED) is 0.605. The summed E-state index contributed by atoms with van der Waals surface area (Å²) >= 11 is 6.21. The first kappa shape index (κ1) is 20.3. The zero-order valence-corrected chi connectivity index (χ0v) is 18.2. The Labute approximate surface area is 180 Å². The molecule has 2 heterocycles. The Kier molecular flexibility index (Phi) is 5.47. The number of ether oxygens (including phenoxy) is 1. The van der Waals surface area contributed by atoms with Gasteiger partial charge in [-0.05, 0) is 69.9 Å². The number of benzene rings is 1. The van der Waals surface area contributed by atoms with E-state index in [9.17, 15) is 4.79 Å². The molecule has 0 saturated heterocycles. The molecule has 0 spiro atoms. The molecule has 1 aliphatic rings. The summed E-state index contributed by atoms with van der Waals surface area (Å²) in [5.74, 6) is 0.704. The van der Waals surface area contributed by atoms with Crippen molar-refractivity contribution in [2.75, 3.05) is 0 Å². The molecule has 7 nitrogen and oxygen atoms in total. The van der Waals surface area contributed by atoms with E-state index in [2.05, 4.69) is 15.1 Å². The van der Waals surface area contributed by atoms with E-state index >= 15 is 0 Å².